The quantitative estimate of drug-likeness (QED) is 0.686. The molecule has 0 amide bonds. The monoisotopic (exact) mass is 222 g/mol. The van der Waals surface area contributed by atoms with Crippen LogP contribution in [0.15, 0.2) is 24.5 Å². The average molecular weight is 222 g/mol. The van der Waals surface area contributed by atoms with Crippen molar-refractivity contribution in [1.82, 2.24) is 10.3 Å². The SMILES string of the molecule is CCCCOCCN[C@@H](C)c1ccncc1. The van der Waals surface area contributed by atoms with Crippen LogP contribution in [0.4, 0.5) is 0 Å². The summed E-state index contributed by atoms with van der Waals surface area (Å²) in [5, 5.41) is 3.42. The number of hydrogen-bond donors (Lipinski definition) is 1. The van der Waals surface area contributed by atoms with Gasteiger partial charge in [0.1, 0.15) is 0 Å². The summed E-state index contributed by atoms with van der Waals surface area (Å²) in [6.07, 6.45) is 6.00. The predicted molar refractivity (Wildman–Crippen MR) is 66.4 cm³/mol. The van der Waals surface area contributed by atoms with Gasteiger partial charge in [-0.2, -0.15) is 0 Å². The Hall–Kier alpha value is -0.930. The molecule has 1 heterocycles. The first-order valence-corrected chi connectivity index (χ1v) is 6.05. The Balaban J connectivity index is 2.09. The molecule has 0 saturated heterocycles. The summed E-state index contributed by atoms with van der Waals surface area (Å²) in [4.78, 5) is 4.01. The normalized spacial score (nSPS) is 12.6. The first-order chi connectivity index (χ1) is 7.84. The van der Waals surface area contributed by atoms with E-state index in [0.717, 1.165) is 26.2 Å². The molecule has 0 bridgehead atoms. The summed E-state index contributed by atoms with van der Waals surface area (Å²) in [6.45, 7) is 6.89. The second kappa shape index (κ2) is 8.25. The Kier molecular flexibility index (Phi) is 6.77. The van der Waals surface area contributed by atoms with Crippen molar-refractivity contribution >= 4 is 0 Å². The van der Waals surface area contributed by atoms with Gasteiger partial charge in [-0.3, -0.25) is 4.98 Å². The first kappa shape index (κ1) is 13.1. The smallest absolute Gasteiger partial charge is 0.0591 e. The summed E-state index contributed by atoms with van der Waals surface area (Å²) in [6, 6.07) is 4.43. The molecule has 1 N–H and O–H groups in total. The van der Waals surface area contributed by atoms with Gasteiger partial charge in [-0.1, -0.05) is 13.3 Å². The standard InChI is InChI=1S/C13H22N2O/c1-3-4-10-16-11-9-15-12(2)13-5-7-14-8-6-13/h5-8,12,15H,3-4,9-11H2,1-2H3/t12-/m0/s1. The van der Waals surface area contributed by atoms with Crippen LogP contribution in [0.1, 0.15) is 38.3 Å². The minimum atomic E-state index is 0.359. The molecule has 0 aliphatic rings. The van der Waals surface area contributed by atoms with E-state index in [2.05, 4.69) is 24.1 Å². The average Bonchev–Trinajstić information content (AvgIpc) is 2.34. The molecule has 0 saturated carbocycles. The topological polar surface area (TPSA) is 34.1 Å². The van der Waals surface area contributed by atoms with Gasteiger partial charge in [0.05, 0.1) is 6.61 Å². The molecule has 1 aromatic heterocycles. The Morgan fingerprint density at radius 3 is 2.75 bits per heavy atom. The number of nitrogens with one attached hydrogen (secondary N) is 1. The van der Waals surface area contributed by atoms with Crippen molar-refractivity contribution in [2.75, 3.05) is 19.8 Å². The fourth-order valence-corrected chi connectivity index (χ4v) is 1.47. The van der Waals surface area contributed by atoms with E-state index in [1.807, 2.05) is 24.5 Å². The zero-order chi connectivity index (χ0) is 11.6. The lowest BCUT2D eigenvalue weighted by molar-refractivity contribution is 0.131. The zero-order valence-electron chi connectivity index (χ0n) is 10.3. The summed E-state index contributed by atoms with van der Waals surface area (Å²) in [7, 11) is 0. The van der Waals surface area contributed by atoms with Gasteiger partial charge in [0.15, 0.2) is 0 Å². The molecule has 0 aromatic carbocycles. The highest BCUT2D eigenvalue weighted by molar-refractivity contribution is 5.13. The van der Waals surface area contributed by atoms with E-state index >= 15 is 0 Å². The van der Waals surface area contributed by atoms with Gasteiger partial charge in [0, 0.05) is 31.6 Å². The molecule has 16 heavy (non-hydrogen) atoms. The van der Waals surface area contributed by atoms with E-state index in [9.17, 15) is 0 Å². The molecule has 3 heteroatoms. The van der Waals surface area contributed by atoms with E-state index in [-0.39, 0.29) is 0 Å². The van der Waals surface area contributed by atoms with Crippen molar-refractivity contribution in [3.05, 3.63) is 30.1 Å². The second-order valence-electron chi connectivity index (χ2n) is 3.92. The van der Waals surface area contributed by atoms with Crippen LogP contribution in [-0.2, 0) is 4.74 Å². The highest BCUT2D eigenvalue weighted by atomic mass is 16.5. The minimum Gasteiger partial charge on any atom is -0.380 e. The Labute approximate surface area is 98.2 Å². The van der Waals surface area contributed by atoms with Crippen LogP contribution in [0.3, 0.4) is 0 Å². The number of nitrogens with zero attached hydrogens (tertiary/aromatic N) is 1. The molecular formula is C13H22N2O. The minimum absolute atomic E-state index is 0.359. The number of hydrogen-bond acceptors (Lipinski definition) is 3. The molecule has 1 aromatic rings. The van der Waals surface area contributed by atoms with Gasteiger partial charge in [-0.25, -0.2) is 0 Å². The molecule has 0 radical (unpaired) electrons. The van der Waals surface area contributed by atoms with Crippen LogP contribution >= 0.6 is 0 Å². The van der Waals surface area contributed by atoms with E-state index in [0.29, 0.717) is 6.04 Å². The number of rotatable bonds is 8. The lowest BCUT2D eigenvalue weighted by atomic mass is 10.1. The van der Waals surface area contributed by atoms with Crippen LogP contribution in [0.2, 0.25) is 0 Å². The number of aromatic nitrogens is 1. The van der Waals surface area contributed by atoms with Gasteiger partial charge in [-0.15, -0.1) is 0 Å². The maximum absolute atomic E-state index is 5.49. The number of pyridine rings is 1. The maximum atomic E-state index is 5.49. The highest BCUT2D eigenvalue weighted by Gasteiger charge is 2.02. The molecule has 3 nitrogen and oxygen atoms in total. The third kappa shape index (κ3) is 5.24. The lowest BCUT2D eigenvalue weighted by Crippen LogP contribution is -2.23. The number of unbranched alkanes of at least 4 members (excludes halogenated alkanes) is 1. The van der Waals surface area contributed by atoms with Crippen molar-refractivity contribution in [3.8, 4) is 0 Å². The van der Waals surface area contributed by atoms with Crippen molar-refractivity contribution in [2.45, 2.75) is 32.7 Å². The predicted octanol–water partition coefficient (Wildman–Crippen LogP) is 2.55. The van der Waals surface area contributed by atoms with Gasteiger partial charge in [-0.05, 0) is 31.0 Å². The van der Waals surface area contributed by atoms with Crippen LogP contribution in [0, 0.1) is 0 Å². The fourth-order valence-electron chi connectivity index (χ4n) is 1.47. The van der Waals surface area contributed by atoms with Crippen LogP contribution < -0.4 is 5.32 Å². The molecule has 90 valence electrons. The zero-order valence-corrected chi connectivity index (χ0v) is 10.3. The van der Waals surface area contributed by atoms with Gasteiger partial charge < -0.3 is 10.1 Å². The number of ether oxygens (including phenoxy) is 1. The Bertz CT molecular complexity index is 264. The molecular weight excluding hydrogens is 200 g/mol. The third-order valence-corrected chi connectivity index (χ3v) is 2.55. The summed E-state index contributed by atoms with van der Waals surface area (Å²) >= 11 is 0. The van der Waals surface area contributed by atoms with Gasteiger partial charge >= 0.3 is 0 Å². The highest BCUT2D eigenvalue weighted by Crippen LogP contribution is 2.09. The van der Waals surface area contributed by atoms with Gasteiger partial charge in [0.25, 0.3) is 0 Å². The van der Waals surface area contributed by atoms with E-state index in [4.69, 9.17) is 4.74 Å². The van der Waals surface area contributed by atoms with Crippen molar-refractivity contribution < 1.29 is 4.74 Å². The lowest BCUT2D eigenvalue weighted by Gasteiger charge is -2.13. The van der Waals surface area contributed by atoms with Crippen LogP contribution in [0.5, 0.6) is 0 Å². The molecule has 0 unspecified atom stereocenters. The molecule has 1 rings (SSSR count). The van der Waals surface area contributed by atoms with Crippen molar-refractivity contribution in [1.29, 1.82) is 0 Å². The summed E-state index contributed by atoms with van der Waals surface area (Å²) in [5.74, 6) is 0. The van der Waals surface area contributed by atoms with Gasteiger partial charge in [0.2, 0.25) is 0 Å². The first-order valence-electron chi connectivity index (χ1n) is 6.05. The van der Waals surface area contributed by atoms with Crippen LogP contribution in [0.25, 0.3) is 0 Å². The maximum Gasteiger partial charge on any atom is 0.0591 e. The largest absolute Gasteiger partial charge is 0.380 e. The van der Waals surface area contributed by atoms with E-state index in [1.54, 1.807) is 0 Å². The summed E-state index contributed by atoms with van der Waals surface area (Å²) in [5.41, 5.74) is 1.27. The summed E-state index contributed by atoms with van der Waals surface area (Å²) < 4.78 is 5.49. The second-order valence-corrected chi connectivity index (χ2v) is 3.92. The molecule has 0 spiro atoms. The van der Waals surface area contributed by atoms with Crippen LogP contribution in [-0.4, -0.2) is 24.7 Å². The molecule has 0 aliphatic heterocycles. The van der Waals surface area contributed by atoms with E-state index in [1.165, 1.54) is 12.0 Å². The third-order valence-electron chi connectivity index (χ3n) is 2.55. The molecule has 0 fully saturated rings. The van der Waals surface area contributed by atoms with E-state index < -0.39 is 0 Å². The van der Waals surface area contributed by atoms with Crippen molar-refractivity contribution in [3.63, 3.8) is 0 Å². The molecule has 1 atom stereocenters. The Morgan fingerprint density at radius 1 is 1.31 bits per heavy atom. The fraction of sp³-hybridized carbons (Fsp3) is 0.615. The molecule has 0 aliphatic carbocycles. The Morgan fingerprint density at radius 2 is 2.06 bits per heavy atom. The van der Waals surface area contributed by atoms with Crippen molar-refractivity contribution in [2.24, 2.45) is 0 Å².